The van der Waals surface area contributed by atoms with Crippen molar-refractivity contribution in [3.05, 3.63) is 69.7 Å². The number of nitrogens with one attached hydrogen (secondary N) is 1. The molecule has 0 heterocycles. The molecule has 0 aliphatic heterocycles. The number of halogens is 2. The minimum Gasteiger partial charge on any atom is -0.426 e. The third kappa shape index (κ3) is 4.39. The molecule has 6 heteroatoms. The molecule has 1 unspecified atom stereocenters. The smallest absolute Gasteiger partial charge is 0.409 e. The molecular weight excluding hydrogens is 323 g/mol. The van der Waals surface area contributed by atoms with E-state index in [0.717, 1.165) is 5.56 Å². The fourth-order valence-corrected chi connectivity index (χ4v) is 2.09. The highest BCUT2D eigenvalue weighted by molar-refractivity contribution is 6.31. The first-order valence-corrected chi connectivity index (χ1v) is 7.18. The van der Waals surface area contributed by atoms with Gasteiger partial charge in [-0.15, -0.1) is 0 Å². The molecule has 4 nitrogen and oxygen atoms in total. The van der Waals surface area contributed by atoms with Crippen LogP contribution >= 0.6 is 23.2 Å². The van der Waals surface area contributed by atoms with Crippen molar-refractivity contribution >= 4 is 29.3 Å². The molecule has 22 heavy (non-hydrogen) atoms. The van der Waals surface area contributed by atoms with Gasteiger partial charge in [-0.05, 0) is 23.8 Å². The summed E-state index contributed by atoms with van der Waals surface area (Å²) in [6.07, 6.45) is -1.69. The highest BCUT2D eigenvalue weighted by Crippen LogP contribution is 2.19. The van der Waals surface area contributed by atoms with Gasteiger partial charge >= 0.3 is 6.09 Å². The van der Waals surface area contributed by atoms with Crippen LogP contribution in [-0.4, -0.2) is 6.09 Å². The first-order valence-electron chi connectivity index (χ1n) is 6.43. The molecule has 1 N–H and O–H groups in total. The predicted octanol–water partition coefficient (Wildman–Crippen LogP) is 4.48. The minimum absolute atomic E-state index is 0.220. The number of hydrogen-bond acceptors (Lipinski definition) is 3. The van der Waals surface area contributed by atoms with Crippen LogP contribution in [-0.2, 0) is 11.3 Å². The molecular formula is C16H12Cl2N2O2. The van der Waals surface area contributed by atoms with Crippen LogP contribution in [0.5, 0.6) is 0 Å². The summed E-state index contributed by atoms with van der Waals surface area (Å²) in [6, 6.07) is 15.6. The van der Waals surface area contributed by atoms with Gasteiger partial charge in [0.1, 0.15) is 6.07 Å². The Bertz CT molecular complexity index is 696. The molecule has 2 aromatic carbocycles. The third-order valence-corrected chi connectivity index (χ3v) is 3.52. The number of ether oxygens (including phenoxy) is 1. The zero-order valence-corrected chi connectivity index (χ0v) is 12.9. The molecule has 112 valence electrons. The zero-order chi connectivity index (χ0) is 15.9. The topological polar surface area (TPSA) is 62.1 Å². The number of alkyl carbamates (subject to hydrolysis) is 1. The molecule has 1 amide bonds. The summed E-state index contributed by atoms with van der Waals surface area (Å²) >= 11 is 11.8. The third-order valence-electron chi connectivity index (χ3n) is 2.90. The number of hydrogen-bond donors (Lipinski definition) is 1. The van der Waals surface area contributed by atoms with E-state index in [2.05, 4.69) is 5.32 Å². The molecule has 2 rings (SSSR count). The summed E-state index contributed by atoms with van der Waals surface area (Å²) in [5.41, 5.74) is 1.32. The zero-order valence-electron chi connectivity index (χ0n) is 11.4. The van der Waals surface area contributed by atoms with Crippen LogP contribution in [0, 0.1) is 11.3 Å². The number of nitrogens with zero attached hydrogens (tertiary/aromatic N) is 1. The largest absolute Gasteiger partial charge is 0.426 e. The highest BCUT2D eigenvalue weighted by Gasteiger charge is 2.16. The fourth-order valence-electron chi connectivity index (χ4n) is 1.76. The van der Waals surface area contributed by atoms with Gasteiger partial charge in [-0.25, -0.2) is 4.79 Å². The predicted molar refractivity (Wildman–Crippen MR) is 84.6 cm³/mol. The summed E-state index contributed by atoms with van der Waals surface area (Å²) in [7, 11) is 0. The number of amides is 1. The van der Waals surface area contributed by atoms with E-state index in [1.807, 2.05) is 12.1 Å². The second-order valence-corrected chi connectivity index (χ2v) is 5.25. The van der Waals surface area contributed by atoms with Crippen molar-refractivity contribution in [3.63, 3.8) is 0 Å². The van der Waals surface area contributed by atoms with Crippen LogP contribution in [0.25, 0.3) is 0 Å². The van der Waals surface area contributed by atoms with Crippen LogP contribution in [0.15, 0.2) is 48.5 Å². The average molecular weight is 335 g/mol. The monoisotopic (exact) mass is 334 g/mol. The molecule has 0 saturated heterocycles. The SMILES string of the molecule is N#CC(OC(=O)NCc1ccccc1Cl)c1ccc(Cl)cc1. The second kappa shape index (κ2) is 7.69. The van der Waals surface area contributed by atoms with E-state index in [4.69, 9.17) is 33.2 Å². The van der Waals surface area contributed by atoms with Gasteiger partial charge < -0.3 is 10.1 Å². The van der Waals surface area contributed by atoms with Gasteiger partial charge in [0.2, 0.25) is 6.10 Å². The van der Waals surface area contributed by atoms with Crippen molar-refractivity contribution in [3.8, 4) is 6.07 Å². The van der Waals surface area contributed by atoms with Gasteiger partial charge in [-0.3, -0.25) is 0 Å². The summed E-state index contributed by atoms with van der Waals surface area (Å²) < 4.78 is 5.09. The molecule has 0 aliphatic rings. The molecule has 0 aliphatic carbocycles. The number of carbonyl (C=O) groups excluding carboxylic acids is 1. The van der Waals surface area contributed by atoms with Crippen LogP contribution in [0.3, 0.4) is 0 Å². The lowest BCUT2D eigenvalue weighted by molar-refractivity contribution is 0.122. The van der Waals surface area contributed by atoms with Crippen LogP contribution in [0.2, 0.25) is 10.0 Å². The summed E-state index contributed by atoms with van der Waals surface area (Å²) in [5, 5.41) is 12.8. The first kappa shape index (κ1) is 16.2. The maximum atomic E-state index is 11.8. The van der Waals surface area contributed by atoms with E-state index in [0.29, 0.717) is 15.6 Å². The molecule has 0 aromatic heterocycles. The van der Waals surface area contributed by atoms with Crippen molar-refractivity contribution in [2.45, 2.75) is 12.6 Å². The fraction of sp³-hybridized carbons (Fsp3) is 0.125. The summed E-state index contributed by atoms with van der Waals surface area (Å²) in [6.45, 7) is 0.220. The molecule has 0 bridgehead atoms. The van der Waals surface area contributed by atoms with E-state index in [1.165, 1.54) is 0 Å². The quantitative estimate of drug-likeness (QED) is 0.896. The number of carbonyl (C=O) groups is 1. The van der Waals surface area contributed by atoms with Crippen LogP contribution in [0.1, 0.15) is 17.2 Å². The number of nitriles is 1. The average Bonchev–Trinajstić information content (AvgIpc) is 2.53. The van der Waals surface area contributed by atoms with Gasteiger partial charge in [-0.1, -0.05) is 53.5 Å². The van der Waals surface area contributed by atoms with Gasteiger partial charge in [0.15, 0.2) is 0 Å². The Hall–Kier alpha value is -2.22. The van der Waals surface area contributed by atoms with E-state index >= 15 is 0 Å². The summed E-state index contributed by atoms with van der Waals surface area (Å²) in [5.74, 6) is 0. The lowest BCUT2D eigenvalue weighted by atomic mass is 10.1. The van der Waals surface area contributed by atoms with Crippen LogP contribution < -0.4 is 5.32 Å². The van der Waals surface area contributed by atoms with Gasteiger partial charge in [0.25, 0.3) is 0 Å². The van der Waals surface area contributed by atoms with E-state index < -0.39 is 12.2 Å². The standard InChI is InChI=1S/C16H12Cl2N2O2/c17-13-7-5-11(6-8-13)15(9-19)22-16(21)20-10-12-3-1-2-4-14(12)18/h1-8,15H,10H2,(H,20,21). The van der Waals surface area contributed by atoms with Crippen molar-refractivity contribution < 1.29 is 9.53 Å². The van der Waals surface area contributed by atoms with Gasteiger partial charge in [-0.2, -0.15) is 5.26 Å². The molecule has 0 radical (unpaired) electrons. The second-order valence-electron chi connectivity index (χ2n) is 4.41. The first-order chi connectivity index (χ1) is 10.6. The van der Waals surface area contributed by atoms with Crippen molar-refractivity contribution in [1.29, 1.82) is 5.26 Å². The molecule has 0 saturated carbocycles. The van der Waals surface area contributed by atoms with Crippen LogP contribution in [0.4, 0.5) is 4.79 Å². The summed E-state index contributed by atoms with van der Waals surface area (Å²) in [4.78, 5) is 11.8. The van der Waals surface area contributed by atoms with E-state index in [-0.39, 0.29) is 6.54 Å². The van der Waals surface area contributed by atoms with Gasteiger partial charge in [0, 0.05) is 22.2 Å². The molecule has 0 spiro atoms. The Kier molecular flexibility index (Phi) is 5.65. The maximum absolute atomic E-state index is 11.8. The maximum Gasteiger partial charge on any atom is 0.409 e. The molecule has 1 atom stereocenters. The van der Waals surface area contributed by atoms with Gasteiger partial charge in [0.05, 0.1) is 0 Å². The lowest BCUT2D eigenvalue weighted by Gasteiger charge is -2.12. The Morgan fingerprint density at radius 3 is 2.50 bits per heavy atom. The Labute approximate surface area is 138 Å². The van der Waals surface area contributed by atoms with E-state index in [9.17, 15) is 4.79 Å². The number of benzene rings is 2. The highest BCUT2D eigenvalue weighted by atomic mass is 35.5. The Balaban J connectivity index is 1.94. The van der Waals surface area contributed by atoms with Crippen molar-refractivity contribution in [2.24, 2.45) is 0 Å². The molecule has 2 aromatic rings. The van der Waals surface area contributed by atoms with Crippen molar-refractivity contribution in [2.75, 3.05) is 0 Å². The Morgan fingerprint density at radius 1 is 1.18 bits per heavy atom. The Morgan fingerprint density at radius 2 is 1.86 bits per heavy atom. The lowest BCUT2D eigenvalue weighted by Crippen LogP contribution is -2.25. The van der Waals surface area contributed by atoms with Crippen molar-refractivity contribution in [1.82, 2.24) is 5.32 Å². The normalized spacial score (nSPS) is 11.3. The minimum atomic E-state index is -0.997. The van der Waals surface area contributed by atoms with E-state index in [1.54, 1.807) is 42.5 Å². The number of rotatable bonds is 4. The molecule has 0 fully saturated rings.